The van der Waals surface area contributed by atoms with Crippen molar-refractivity contribution in [3.05, 3.63) is 162 Å². The molecule has 0 aliphatic carbocycles. The van der Waals surface area contributed by atoms with Gasteiger partial charge < -0.3 is 14.4 Å². The third-order valence-corrected chi connectivity index (χ3v) is 17.5. The number of thiophene rings is 1. The third-order valence-electron chi connectivity index (χ3n) is 16.2. The molecule has 4 heterocycles. The molecule has 5 heteroatoms. The van der Waals surface area contributed by atoms with Crippen LogP contribution in [0, 0.1) is 0 Å². The van der Waals surface area contributed by atoms with Crippen LogP contribution >= 0.6 is 11.3 Å². The zero-order chi connectivity index (χ0) is 47.8. The van der Waals surface area contributed by atoms with Crippen molar-refractivity contribution in [2.24, 2.45) is 7.05 Å². The van der Waals surface area contributed by atoms with E-state index in [9.17, 15) is 0 Å². The maximum absolute atomic E-state index is 2.63. The Hall–Kier alpha value is -6.04. The highest BCUT2D eigenvalue weighted by atomic mass is 32.1. The molecule has 0 N–H and O–H groups in total. The molecule has 0 spiro atoms. The van der Waals surface area contributed by atoms with Crippen molar-refractivity contribution in [1.29, 1.82) is 0 Å². The second-order valence-electron chi connectivity index (χ2n) is 23.2. The molecule has 0 radical (unpaired) electrons. The van der Waals surface area contributed by atoms with Gasteiger partial charge >= 0.3 is 0 Å². The van der Waals surface area contributed by atoms with Crippen LogP contribution in [0.15, 0.2) is 140 Å². The number of nitrogens with zero attached hydrogens (tertiary/aromatic N) is 3. The van der Waals surface area contributed by atoms with Crippen LogP contribution in [0.25, 0.3) is 43.0 Å². The van der Waals surface area contributed by atoms with Crippen LogP contribution in [0.5, 0.6) is 0 Å². The summed E-state index contributed by atoms with van der Waals surface area (Å²) in [7, 11) is 2.19. The molecule has 0 saturated carbocycles. The van der Waals surface area contributed by atoms with E-state index in [1.165, 1.54) is 115 Å². The van der Waals surface area contributed by atoms with E-state index < -0.39 is 0 Å². The number of anilines is 6. The highest BCUT2D eigenvalue weighted by Gasteiger charge is 2.46. The Balaban J connectivity index is 1.22. The van der Waals surface area contributed by atoms with Gasteiger partial charge in [-0.3, -0.25) is 0 Å². The molecule has 68 heavy (non-hydrogen) atoms. The second-order valence-corrected chi connectivity index (χ2v) is 24.3. The maximum Gasteiger partial charge on any atom is 0.264 e. The van der Waals surface area contributed by atoms with Crippen LogP contribution in [-0.4, -0.2) is 11.3 Å². The lowest BCUT2D eigenvalue weighted by Crippen LogP contribution is -2.60. The van der Waals surface area contributed by atoms with Crippen molar-refractivity contribution in [1.82, 2.24) is 4.57 Å². The number of para-hydroxylation sites is 1. The molecule has 0 fully saturated rings. The van der Waals surface area contributed by atoms with Crippen LogP contribution in [0.4, 0.5) is 34.1 Å². The predicted octanol–water partition coefficient (Wildman–Crippen LogP) is 16.3. The summed E-state index contributed by atoms with van der Waals surface area (Å²) in [5.41, 5.74) is 20.7. The molecule has 2 aromatic heterocycles. The Morgan fingerprint density at radius 3 is 1.79 bits per heavy atom. The summed E-state index contributed by atoms with van der Waals surface area (Å²) in [5.74, 6) is 0. The highest BCUT2D eigenvalue weighted by Crippen LogP contribution is 2.51. The lowest BCUT2D eigenvalue weighted by atomic mass is 9.36. The van der Waals surface area contributed by atoms with Crippen LogP contribution in [0.2, 0.25) is 0 Å². The average molecular weight is 908 g/mol. The smallest absolute Gasteiger partial charge is 0.264 e. The average Bonchev–Trinajstić information content (AvgIpc) is 3.84. The van der Waals surface area contributed by atoms with Gasteiger partial charge in [0.15, 0.2) is 0 Å². The first-order chi connectivity index (χ1) is 32.3. The maximum atomic E-state index is 2.63. The minimum absolute atomic E-state index is 0.00631. The number of aryl methyl sites for hydroxylation is 1. The van der Waals surface area contributed by atoms with Crippen molar-refractivity contribution < 1.29 is 0 Å². The Morgan fingerprint density at radius 1 is 0.485 bits per heavy atom. The lowest BCUT2D eigenvalue weighted by molar-refractivity contribution is 0.506. The summed E-state index contributed by atoms with van der Waals surface area (Å²) in [6, 6.07) is 54.6. The summed E-state index contributed by atoms with van der Waals surface area (Å²) in [6.45, 7) is 28.2. The van der Waals surface area contributed by atoms with Crippen molar-refractivity contribution in [3.8, 4) is 11.1 Å². The Labute approximate surface area is 409 Å². The minimum atomic E-state index is -0.0406. The van der Waals surface area contributed by atoms with Gasteiger partial charge in [0.25, 0.3) is 6.71 Å². The zero-order valence-electron chi connectivity index (χ0n) is 42.5. The summed E-state index contributed by atoms with van der Waals surface area (Å²) < 4.78 is 5.09. The molecule has 0 atom stereocenters. The predicted molar refractivity (Wildman–Crippen MR) is 299 cm³/mol. The standard InChI is InChI=1S/C63H66BN3S/c1-14-62(9,10)40-24-29-44(30-25-40)66-54-21-18-22-55-57(54)64(59-58(66)48-37-42(61(6,7)8)28-34-56(48)68-59)49-38-43(63(11,12)15-2)27-33-53(49)67(55)52-32-26-41(60(3,4)5)36-46(52)39-23-31-51-47(35-39)45-19-16-17-20-50(45)65(51)13/h16-38H,14-15H2,1-13H3. The van der Waals surface area contributed by atoms with Gasteiger partial charge in [-0.05, 0) is 146 Å². The van der Waals surface area contributed by atoms with Gasteiger partial charge in [0.1, 0.15) is 0 Å². The molecule has 0 unspecified atom stereocenters. The molecule has 0 bridgehead atoms. The monoisotopic (exact) mass is 908 g/mol. The number of hydrogen-bond acceptors (Lipinski definition) is 3. The molecule has 0 amide bonds. The fourth-order valence-electron chi connectivity index (χ4n) is 11.1. The minimum Gasteiger partial charge on any atom is -0.344 e. The Bertz CT molecular complexity index is 3480. The Morgan fingerprint density at radius 2 is 1.09 bits per heavy atom. The first-order valence-electron chi connectivity index (χ1n) is 25.0. The largest absolute Gasteiger partial charge is 0.344 e. The molecule has 2 aliphatic heterocycles. The number of hydrogen-bond donors (Lipinski definition) is 0. The Kier molecular flexibility index (Phi) is 10.1. The summed E-state index contributed by atoms with van der Waals surface area (Å²) in [4.78, 5) is 5.25. The summed E-state index contributed by atoms with van der Waals surface area (Å²) in [6.07, 6.45) is 2.14. The highest BCUT2D eigenvalue weighted by molar-refractivity contribution is 7.33. The van der Waals surface area contributed by atoms with Gasteiger partial charge in [0.2, 0.25) is 0 Å². The van der Waals surface area contributed by atoms with Crippen molar-refractivity contribution >= 4 is 99.8 Å². The van der Waals surface area contributed by atoms with E-state index in [1.807, 2.05) is 11.3 Å². The fraction of sp³-hybridized carbons (Fsp3) is 0.302. The SMILES string of the molecule is CCC(C)(C)c1ccc(N2c3cccc4c3B(c3cc(C(C)(C)CC)ccc3N4c3ccc(C(C)(C)C)cc3-c3ccc4c(c3)c3ccccc3n4C)c3sc4ccc(C(C)(C)C)cc4c32)cc1. The van der Waals surface area contributed by atoms with Crippen LogP contribution in [-0.2, 0) is 28.7 Å². The van der Waals surface area contributed by atoms with Crippen LogP contribution in [0.3, 0.4) is 0 Å². The lowest BCUT2D eigenvalue weighted by Gasteiger charge is -2.44. The summed E-state index contributed by atoms with van der Waals surface area (Å²) >= 11 is 1.99. The molecule has 11 rings (SSSR count). The first kappa shape index (κ1) is 44.5. The van der Waals surface area contributed by atoms with Crippen molar-refractivity contribution in [2.75, 3.05) is 9.80 Å². The second kappa shape index (κ2) is 15.5. The summed E-state index contributed by atoms with van der Waals surface area (Å²) in [5, 5.41) is 3.91. The zero-order valence-corrected chi connectivity index (χ0v) is 43.3. The molecule has 2 aliphatic rings. The molecular formula is C63H66BN3S. The van der Waals surface area contributed by atoms with E-state index in [2.05, 4.69) is 244 Å². The normalized spacial score (nSPS) is 14.0. The molecule has 7 aromatic carbocycles. The quantitative estimate of drug-likeness (QED) is 0.148. The number of benzene rings is 7. The molecule has 0 saturated heterocycles. The molecular weight excluding hydrogens is 842 g/mol. The third kappa shape index (κ3) is 6.81. The van der Waals surface area contributed by atoms with E-state index in [0.29, 0.717) is 0 Å². The van der Waals surface area contributed by atoms with Crippen molar-refractivity contribution in [2.45, 2.75) is 118 Å². The fourth-order valence-corrected chi connectivity index (χ4v) is 12.4. The number of rotatable bonds is 7. The van der Waals surface area contributed by atoms with Gasteiger partial charge in [0.05, 0.1) is 11.4 Å². The van der Waals surface area contributed by atoms with E-state index in [4.69, 9.17) is 0 Å². The van der Waals surface area contributed by atoms with Gasteiger partial charge in [0, 0.05) is 72.0 Å². The first-order valence-corrected chi connectivity index (χ1v) is 25.8. The van der Waals surface area contributed by atoms with Crippen LogP contribution < -0.4 is 25.5 Å². The van der Waals surface area contributed by atoms with Gasteiger partial charge in [-0.2, -0.15) is 0 Å². The van der Waals surface area contributed by atoms with Gasteiger partial charge in [-0.15, -0.1) is 11.3 Å². The molecule has 3 nitrogen and oxygen atoms in total. The van der Waals surface area contributed by atoms with Gasteiger partial charge in [-0.25, -0.2) is 0 Å². The molecule has 342 valence electrons. The number of aromatic nitrogens is 1. The number of fused-ring (bicyclic) bond motifs is 9. The van der Waals surface area contributed by atoms with E-state index >= 15 is 0 Å². The van der Waals surface area contributed by atoms with Crippen molar-refractivity contribution in [3.63, 3.8) is 0 Å². The van der Waals surface area contributed by atoms with E-state index in [0.717, 1.165) is 12.8 Å². The van der Waals surface area contributed by atoms with E-state index in [1.54, 1.807) is 0 Å². The van der Waals surface area contributed by atoms with E-state index in [-0.39, 0.29) is 28.4 Å². The molecule has 9 aromatic rings. The van der Waals surface area contributed by atoms with Gasteiger partial charge in [-0.1, -0.05) is 150 Å². The van der Waals surface area contributed by atoms with Crippen LogP contribution in [0.1, 0.15) is 118 Å². The topological polar surface area (TPSA) is 11.4 Å².